The maximum absolute atomic E-state index is 12.7. The van der Waals surface area contributed by atoms with E-state index < -0.39 is 17.5 Å². The molecule has 0 bridgehead atoms. The van der Waals surface area contributed by atoms with Crippen LogP contribution in [0.4, 0.5) is 0 Å². The van der Waals surface area contributed by atoms with Crippen LogP contribution in [-0.2, 0) is 14.3 Å². The molecule has 1 heterocycles. The zero-order chi connectivity index (χ0) is 16.4. The Balaban J connectivity index is 1.92. The van der Waals surface area contributed by atoms with Crippen molar-refractivity contribution in [2.75, 3.05) is 5.33 Å². The molecule has 4 nitrogen and oxygen atoms in total. The first-order valence-corrected chi connectivity index (χ1v) is 9.48. The van der Waals surface area contributed by atoms with Gasteiger partial charge in [0, 0.05) is 9.80 Å². The number of rotatable bonds is 3. The van der Waals surface area contributed by atoms with E-state index >= 15 is 0 Å². The van der Waals surface area contributed by atoms with E-state index in [0.29, 0.717) is 35.1 Å². The zero-order valence-corrected chi connectivity index (χ0v) is 15.6. The number of halogens is 2. The van der Waals surface area contributed by atoms with Gasteiger partial charge < -0.3 is 9.47 Å². The van der Waals surface area contributed by atoms with Gasteiger partial charge in [-0.05, 0) is 49.9 Å². The summed E-state index contributed by atoms with van der Waals surface area (Å²) >= 11 is 6.64. The number of benzene rings is 1. The predicted octanol–water partition coefficient (Wildman–Crippen LogP) is 4.31. The maximum Gasteiger partial charge on any atom is 0.344 e. The monoisotopic (exact) mass is 442 g/mol. The first kappa shape index (κ1) is 16.7. The SMILES string of the molecule is O=C1OC2(CCCCC2)C(C(=O)Oc2ccc(Br)cc2)=C1CBr. The molecule has 2 aliphatic rings. The van der Waals surface area contributed by atoms with Crippen molar-refractivity contribution in [1.82, 2.24) is 0 Å². The Morgan fingerprint density at radius 1 is 1.17 bits per heavy atom. The van der Waals surface area contributed by atoms with E-state index in [4.69, 9.17) is 9.47 Å². The normalized spacial score (nSPS) is 19.8. The van der Waals surface area contributed by atoms with Crippen molar-refractivity contribution in [1.29, 1.82) is 0 Å². The van der Waals surface area contributed by atoms with Gasteiger partial charge in [-0.25, -0.2) is 9.59 Å². The molecular weight excluding hydrogens is 428 g/mol. The summed E-state index contributed by atoms with van der Waals surface area (Å²) in [5.74, 6) is -0.453. The lowest BCUT2D eigenvalue weighted by atomic mass is 9.79. The molecule has 0 N–H and O–H groups in total. The van der Waals surface area contributed by atoms with E-state index in [1.807, 2.05) is 0 Å². The zero-order valence-electron chi connectivity index (χ0n) is 12.4. The summed E-state index contributed by atoms with van der Waals surface area (Å²) < 4.78 is 12.0. The lowest BCUT2D eigenvalue weighted by Gasteiger charge is -2.33. The van der Waals surface area contributed by atoms with Crippen molar-refractivity contribution in [3.8, 4) is 5.75 Å². The maximum atomic E-state index is 12.7. The van der Waals surface area contributed by atoms with Gasteiger partial charge >= 0.3 is 11.9 Å². The minimum atomic E-state index is -0.801. The van der Waals surface area contributed by atoms with E-state index in [1.165, 1.54) is 0 Å². The third kappa shape index (κ3) is 3.24. The molecule has 0 atom stereocenters. The molecule has 3 rings (SSSR count). The summed E-state index contributed by atoms with van der Waals surface area (Å²) in [5.41, 5.74) is -0.0266. The van der Waals surface area contributed by atoms with Crippen LogP contribution in [0.2, 0.25) is 0 Å². The van der Waals surface area contributed by atoms with Crippen molar-refractivity contribution in [3.63, 3.8) is 0 Å². The first-order valence-electron chi connectivity index (χ1n) is 7.56. The highest BCUT2D eigenvalue weighted by Gasteiger charge is 2.51. The number of carbonyl (C=O) groups excluding carboxylic acids is 2. The first-order chi connectivity index (χ1) is 11.1. The van der Waals surface area contributed by atoms with Gasteiger partial charge in [-0.1, -0.05) is 38.3 Å². The van der Waals surface area contributed by atoms with Gasteiger partial charge in [0.05, 0.1) is 11.1 Å². The molecule has 1 aliphatic carbocycles. The van der Waals surface area contributed by atoms with Crippen LogP contribution in [0.1, 0.15) is 32.1 Å². The van der Waals surface area contributed by atoms with E-state index in [2.05, 4.69) is 31.9 Å². The van der Waals surface area contributed by atoms with Crippen LogP contribution < -0.4 is 4.74 Å². The quantitative estimate of drug-likeness (QED) is 0.397. The van der Waals surface area contributed by atoms with Gasteiger partial charge in [-0.3, -0.25) is 0 Å². The second kappa shape index (κ2) is 6.77. The smallest absolute Gasteiger partial charge is 0.344 e. The second-order valence-electron chi connectivity index (χ2n) is 5.78. The molecule has 1 saturated carbocycles. The Morgan fingerprint density at radius 3 is 2.43 bits per heavy atom. The number of ether oxygens (including phenoxy) is 2. The summed E-state index contributed by atoms with van der Waals surface area (Å²) in [6.45, 7) is 0. The molecule has 1 fully saturated rings. The molecule has 1 aromatic rings. The van der Waals surface area contributed by atoms with Gasteiger partial charge in [0.15, 0.2) is 0 Å². The molecule has 0 saturated heterocycles. The fraction of sp³-hybridized carbons (Fsp3) is 0.412. The third-order valence-electron chi connectivity index (χ3n) is 4.32. The fourth-order valence-corrected chi connectivity index (χ4v) is 4.01. The van der Waals surface area contributed by atoms with Crippen LogP contribution in [0.25, 0.3) is 0 Å². The van der Waals surface area contributed by atoms with E-state index in [0.717, 1.165) is 23.7 Å². The van der Waals surface area contributed by atoms with Crippen LogP contribution in [0.3, 0.4) is 0 Å². The van der Waals surface area contributed by atoms with Crippen molar-refractivity contribution in [2.24, 2.45) is 0 Å². The molecule has 23 heavy (non-hydrogen) atoms. The van der Waals surface area contributed by atoms with Crippen molar-refractivity contribution in [2.45, 2.75) is 37.7 Å². The van der Waals surface area contributed by atoms with Gasteiger partial charge in [0.2, 0.25) is 0 Å². The lowest BCUT2D eigenvalue weighted by molar-refractivity contribution is -0.150. The lowest BCUT2D eigenvalue weighted by Crippen LogP contribution is -2.38. The topological polar surface area (TPSA) is 52.6 Å². The standard InChI is InChI=1S/C17H16Br2O4/c18-10-13-14(16(21)22-12-6-4-11(19)5-7-12)17(23-15(13)20)8-2-1-3-9-17/h4-7H,1-3,8-10H2. The van der Waals surface area contributed by atoms with Crippen LogP contribution in [0.15, 0.2) is 39.9 Å². The minimum absolute atomic E-state index is 0.290. The Labute approximate surface area is 151 Å². The summed E-state index contributed by atoms with van der Waals surface area (Å²) in [6.07, 6.45) is 4.34. The molecule has 0 radical (unpaired) electrons. The Kier molecular flexibility index (Phi) is 4.92. The molecule has 1 aromatic carbocycles. The van der Waals surface area contributed by atoms with Gasteiger partial charge in [-0.15, -0.1) is 0 Å². The molecule has 1 aliphatic heterocycles. The Hall–Kier alpha value is -1.14. The number of hydrogen-bond acceptors (Lipinski definition) is 4. The van der Waals surface area contributed by atoms with Crippen molar-refractivity contribution in [3.05, 3.63) is 39.9 Å². The third-order valence-corrected chi connectivity index (χ3v) is 5.40. The van der Waals surface area contributed by atoms with E-state index in [1.54, 1.807) is 24.3 Å². The molecule has 0 unspecified atom stereocenters. The highest BCUT2D eigenvalue weighted by Crippen LogP contribution is 2.44. The predicted molar refractivity (Wildman–Crippen MR) is 92.5 cm³/mol. The minimum Gasteiger partial charge on any atom is -0.450 e. The molecule has 6 heteroatoms. The van der Waals surface area contributed by atoms with Crippen LogP contribution in [0, 0.1) is 0 Å². The molecule has 1 spiro atoms. The number of carbonyl (C=O) groups is 2. The van der Waals surface area contributed by atoms with Gasteiger partial charge in [0.25, 0.3) is 0 Å². The van der Waals surface area contributed by atoms with Crippen molar-refractivity contribution < 1.29 is 19.1 Å². The van der Waals surface area contributed by atoms with Crippen LogP contribution >= 0.6 is 31.9 Å². The molecular formula is C17H16Br2O4. The number of hydrogen-bond donors (Lipinski definition) is 0. The van der Waals surface area contributed by atoms with Crippen LogP contribution in [0.5, 0.6) is 5.75 Å². The van der Waals surface area contributed by atoms with Gasteiger partial charge in [0.1, 0.15) is 11.4 Å². The largest absolute Gasteiger partial charge is 0.450 e. The fourth-order valence-electron chi connectivity index (χ4n) is 3.23. The molecule has 0 aromatic heterocycles. The number of esters is 2. The average molecular weight is 444 g/mol. The molecule has 122 valence electrons. The summed E-state index contributed by atoms with van der Waals surface area (Å²) in [7, 11) is 0. The Bertz CT molecular complexity index is 658. The Morgan fingerprint density at radius 2 is 1.83 bits per heavy atom. The second-order valence-corrected chi connectivity index (χ2v) is 7.25. The van der Waals surface area contributed by atoms with Crippen LogP contribution in [-0.4, -0.2) is 22.9 Å². The summed E-state index contributed by atoms with van der Waals surface area (Å²) in [4.78, 5) is 24.9. The summed E-state index contributed by atoms with van der Waals surface area (Å²) in [5, 5.41) is 0.290. The molecule has 0 amide bonds. The van der Waals surface area contributed by atoms with Crippen molar-refractivity contribution >= 4 is 43.8 Å². The average Bonchev–Trinajstić information content (AvgIpc) is 2.81. The van der Waals surface area contributed by atoms with E-state index in [-0.39, 0.29) is 0 Å². The van der Waals surface area contributed by atoms with Gasteiger partial charge in [-0.2, -0.15) is 0 Å². The highest BCUT2D eigenvalue weighted by molar-refractivity contribution is 9.10. The number of alkyl halides is 1. The summed E-state index contributed by atoms with van der Waals surface area (Å²) in [6, 6.07) is 7.02. The van der Waals surface area contributed by atoms with E-state index in [9.17, 15) is 9.59 Å². The highest BCUT2D eigenvalue weighted by atomic mass is 79.9.